The van der Waals surface area contributed by atoms with Crippen molar-refractivity contribution >= 4 is 29.9 Å². The molecule has 1 spiro atoms. The van der Waals surface area contributed by atoms with Crippen LogP contribution < -0.4 is 5.32 Å². The van der Waals surface area contributed by atoms with Gasteiger partial charge in [0.05, 0.1) is 11.5 Å². The molecule has 2 aliphatic rings. The fourth-order valence-electron chi connectivity index (χ4n) is 4.97. The molecule has 0 unspecified atom stereocenters. The zero-order chi connectivity index (χ0) is 26.2. The van der Waals surface area contributed by atoms with Crippen molar-refractivity contribution in [3.63, 3.8) is 0 Å². The van der Waals surface area contributed by atoms with Crippen LogP contribution in [0.25, 0.3) is 0 Å². The van der Waals surface area contributed by atoms with Gasteiger partial charge in [-0.15, -0.1) is 24.0 Å². The Bertz CT molecular complexity index is 1250. The number of carbonyl (C=O) groups excluding carboxylic acids is 1. The van der Waals surface area contributed by atoms with Crippen LogP contribution in [0.3, 0.4) is 0 Å². The second kappa shape index (κ2) is 10.4. The summed E-state index contributed by atoms with van der Waals surface area (Å²) >= 11 is 5.79. The lowest BCUT2D eigenvalue weighted by atomic mass is 9.84. The molecule has 11 heteroatoms. The molecule has 6 nitrogen and oxygen atoms in total. The number of amides is 1. The second-order valence-electron chi connectivity index (χ2n) is 9.46. The van der Waals surface area contributed by atoms with E-state index in [1.807, 2.05) is 37.3 Å². The number of ether oxygens (including phenoxy) is 1. The third-order valence-corrected chi connectivity index (χ3v) is 8.81. The smallest absolute Gasteiger partial charge is 0.369 e. The Labute approximate surface area is 222 Å². The molecule has 2 aliphatic heterocycles. The number of halogens is 3. The van der Waals surface area contributed by atoms with Crippen LogP contribution in [-0.4, -0.2) is 40.5 Å². The maximum Gasteiger partial charge on any atom is 0.451 e. The van der Waals surface area contributed by atoms with E-state index in [-0.39, 0.29) is 11.9 Å². The van der Waals surface area contributed by atoms with Crippen LogP contribution in [0.5, 0.6) is 0 Å². The minimum Gasteiger partial charge on any atom is -0.369 e. The summed E-state index contributed by atoms with van der Waals surface area (Å²) in [5, 5.41) is 3.00. The van der Waals surface area contributed by atoms with Gasteiger partial charge in [-0.25, -0.2) is 9.97 Å². The number of piperidine rings is 1. The number of carbonyl (C=O) groups is 1. The molecule has 3 aromatic rings. The zero-order valence-corrected chi connectivity index (χ0v) is 21.9. The van der Waals surface area contributed by atoms with Gasteiger partial charge in [-0.3, -0.25) is 9.69 Å². The highest BCUT2D eigenvalue weighted by Gasteiger charge is 2.43. The molecular formula is C26H27F3N4O2S2. The third kappa shape index (κ3) is 5.55. The molecule has 196 valence electrons. The lowest BCUT2D eigenvalue weighted by Crippen LogP contribution is -2.46. The summed E-state index contributed by atoms with van der Waals surface area (Å²) < 4.78 is 44.8. The average molecular weight is 549 g/mol. The van der Waals surface area contributed by atoms with E-state index in [0.29, 0.717) is 36.7 Å². The highest BCUT2D eigenvalue weighted by molar-refractivity contribution is 7.80. The molecule has 2 aromatic heterocycles. The number of fused-ring (bicyclic) bond motifs is 2. The topological polar surface area (TPSA) is 67.3 Å². The average Bonchev–Trinajstić information content (AvgIpc) is 3.34. The highest BCUT2D eigenvalue weighted by atomic mass is 32.1. The number of thiophene rings is 1. The van der Waals surface area contributed by atoms with Crippen LogP contribution in [0.1, 0.15) is 62.9 Å². The molecule has 1 N–H and O–H groups in total. The van der Waals surface area contributed by atoms with Crippen molar-refractivity contribution in [1.82, 2.24) is 20.2 Å². The van der Waals surface area contributed by atoms with Crippen LogP contribution in [-0.2, 0) is 29.5 Å². The van der Waals surface area contributed by atoms with Gasteiger partial charge in [0, 0.05) is 53.4 Å². The third-order valence-electron chi connectivity index (χ3n) is 7.15. The molecule has 4 heterocycles. The summed E-state index contributed by atoms with van der Waals surface area (Å²) in [6, 6.07) is 9.54. The molecule has 0 saturated carbocycles. The predicted molar refractivity (Wildman–Crippen MR) is 137 cm³/mol. The van der Waals surface area contributed by atoms with Gasteiger partial charge >= 0.3 is 6.18 Å². The zero-order valence-electron chi connectivity index (χ0n) is 20.2. The summed E-state index contributed by atoms with van der Waals surface area (Å²) in [6.45, 7) is 4.42. The van der Waals surface area contributed by atoms with E-state index >= 15 is 0 Å². The summed E-state index contributed by atoms with van der Waals surface area (Å²) in [7, 11) is 0. The highest BCUT2D eigenvalue weighted by Crippen LogP contribution is 2.46. The number of thiol groups is 1. The Balaban J connectivity index is 1.24. The number of rotatable bonds is 5. The van der Waals surface area contributed by atoms with Gasteiger partial charge in [0.15, 0.2) is 0 Å². The van der Waals surface area contributed by atoms with Gasteiger partial charge in [0.2, 0.25) is 5.82 Å². The number of nitrogens with zero attached hydrogens (tertiary/aromatic N) is 3. The molecule has 0 bridgehead atoms. The molecule has 1 amide bonds. The van der Waals surface area contributed by atoms with Crippen molar-refractivity contribution in [1.29, 1.82) is 0 Å². The predicted octanol–water partition coefficient (Wildman–Crippen LogP) is 5.40. The summed E-state index contributed by atoms with van der Waals surface area (Å²) in [6.07, 6.45) is 0.220. The Morgan fingerprint density at radius 2 is 1.89 bits per heavy atom. The minimum atomic E-state index is -4.55. The molecule has 1 saturated heterocycles. The van der Waals surface area contributed by atoms with Crippen molar-refractivity contribution in [2.24, 2.45) is 0 Å². The van der Waals surface area contributed by atoms with E-state index in [1.54, 1.807) is 0 Å². The number of likely N-dealkylation sites (tertiary alicyclic amines) is 1. The quantitative estimate of drug-likeness (QED) is 0.418. The van der Waals surface area contributed by atoms with Gasteiger partial charge in [-0.2, -0.15) is 13.2 Å². The van der Waals surface area contributed by atoms with Gasteiger partial charge in [0.25, 0.3) is 5.91 Å². The number of alkyl halides is 3. The Kier molecular flexibility index (Phi) is 7.32. The number of nitrogens with one attached hydrogen (secondary N) is 1. The van der Waals surface area contributed by atoms with Gasteiger partial charge in [-0.05, 0) is 55.5 Å². The van der Waals surface area contributed by atoms with Crippen LogP contribution in [0.4, 0.5) is 13.2 Å². The maximum atomic E-state index is 12.9. The van der Waals surface area contributed by atoms with E-state index in [4.69, 9.17) is 4.74 Å². The Morgan fingerprint density at radius 1 is 1.22 bits per heavy atom. The maximum absolute atomic E-state index is 12.9. The number of aromatic nitrogens is 2. The fourth-order valence-corrected chi connectivity index (χ4v) is 6.45. The van der Waals surface area contributed by atoms with E-state index < -0.39 is 17.6 Å². The SMILES string of the molecule is C[C@H](c1cnc(C(F)(F)F)nc1)N1CCC2(CC1)OCCc1cc(C(=O)NCc3ccc(S)cc3)sc12. The van der Waals surface area contributed by atoms with Gasteiger partial charge in [-0.1, -0.05) is 12.1 Å². The molecule has 1 fully saturated rings. The summed E-state index contributed by atoms with van der Waals surface area (Å²) in [5.74, 6) is -1.23. The van der Waals surface area contributed by atoms with E-state index in [0.717, 1.165) is 34.6 Å². The van der Waals surface area contributed by atoms with Crippen molar-refractivity contribution in [2.75, 3.05) is 19.7 Å². The molecule has 1 atom stereocenters. The van der Waals surface area contributed by atoms with E-state index in [1.165, 1.54) is 29.3 Å². The van der Waals surface area contributed by atoms with Crippen molar-refractivity contribution in [3.8, 4) is 0 Å². The van der Waals surface area contributed by atoms with Crippen LogP contribution >= 0.6 is 24.0 Å². The van der Waals surface area contributed by atoms with Crippen LogP contribution in [0.2, 0.25) is 0 Å². The first-order valence-electron chi connectivity index (χ1n) is 12.1. The number of benzene rings is 1. The molecular weight excluding hydrogens is 521 g/mol. The molecule has 37 heavy (non-hydrogen) atoms. The lowest BCUT2D eigenvalue weighted by Gasteiger charge is -2.45. The number of hydrogen-bond donors (Lipinski definition) is 2. The van der Waals surface area contributed by atoms with Crippen molar-refractivity contribution in [3.05, 3.63) is 75.0 Å². The largest absolute Gasteiger partial charge is 0.451 e. The second-order valence-corrected chi connectivity index (χ2v) is 11.0. The van der Waals surface area contributed by atoms with Crippen LogP contribution in [0.15, 0.2) is 47.6 Å². The first kappa shape index (κ1) is 26.1. The minimum absolute atomic E-state index is 0.0992. The molecule has 1 aromatic carbocycles. The Hall–Kier alpha value is -2.47. The van der Waals surface area contributed by atoms with E-state index in [9.17, 15) is 18.0 Å². The van der Waals surface area contributed by atoms with Gasteiger partial charge < -0.3 is 10.1 Å². The monoisotopic (exact) mass is 548 g/mol. The normalized spacial score (nSPS) is 18.4. The Morgan fingerprint density at radius 3 is 2.54 bits per heavy atom. The lowest BCUT2D eigenvalue weighted by molar-refractivity contribution is -0.145. The van der Waals surface area contributed by atoms with Gasteiger partial charge in [0.1, 0.15) is 5.60 Å². The fraction of sp³-hybridized carbons (Fsp3) is 0.423. The first-order chi connectivity index (χ1) is 17.6. The molecule has 0 radical (unpaired) electrons. The summed E-state index contributed by atoms with van der Waals surface area (Å²) in [5.41, 5.74) is 2.38. The van der Waals surface area contributed by atoms with Crippen molar-refractivity contribution < 1.29 is 22.7 Å². The van der Waals surface area contributed by atoms with Crippen molar-refractivity contribution in [2.45, 2.75) is 55.4 Å². The standard InChI is InChI=1S/C26H27F3N4O2S2/c1-16(19-14-31-24(32-15-19)26(27,28)29)33-9-7-25(8-10-33)22-18(6-11-35-25)12-21(37-22)23(34)30-13-17-2-4-20(36)5-3-17/h2-5,12,14-16,36H,6-11,13H2,1H3,(H,30,34)/t16-/m1/s1. The first-order valence-corrected chi connectivity index (χ1v) is 13.4. The number of hydrogen-bond acceptors (Lipinski definition) is 7. The van der Waals surface area contributed by atoms with E-state index in [2.05, 4.69) is 32.8 Å². The van der Waals surface area contributed by atoms with Crippen LogP contribution in [0, 0.1) is 0 Å². The molecule has 5 rings (SSSR count). The summed E-state index contributed by atoms with van der Waals surface area (Å²) in [4.78, 5) is 24.8. The molecule has 0 aliphatic carbocycles.